The fourth-order valence-electron chi connectivity index (χ4n) is 1.09. The van der Waals surface area contributed by atoms with Crippen molar-refractivity contribution >= 4 is 22.6 Å². The van der Waals surface area contributed by atoms with Gasteiger partial charge in [0.05, 0.1) is 0 Å². The van der Waals surface area contributed by atoms with Crippen LogP contribution in [0.2, 0.25) is 0 Å². The molecule has 74 valence electrons. The van der Waals surface area contributed by atoms with Gasteiger partial charge in [0.25, 0.3) is 5.95 Å². The zero-order valence-electron chi connectivity index (χ0n) is 7.72. The summed E-state index contributed by atoms with van der Waals surface area (Å²) in [5.41, 5.74) is 1.24. The first-order valence-electron chi connectivity index (χ1n) is 4.51. The third-order valence-corrected chi connectivity index (χ3v) is 2.62. The Morgan fingerprint density at radius 3 is 2.62 bits per heavy atom. The molecule has 1 aliphatic rings. The van der Waals surface area contributed by atoms with Crippen LogP contribution in [-0.4, -0.2) is 17.6 Å². The van der Waals surface area contributed by atoms with Crippen LogP contribution in [0.4, 0.5) is 0 Å². The summed E-state index contributed by atoms with van der Waals surface area (Å²) in [4.78, 5) is 0. The van der Waals surface area contributed by atoms with E-state index in [9.17, 15) is 0 Å². The minimum atomic E-state index is 0.449. The van der Waals surface area contributed by atoms with Crippen LogP contribution in [0.3, 0.4) is 0 Å². The van der Waals surface area contributed by atoms with Crippen LogP contribution in [0.1, 0.15) is 19.3 Å². The Morgan fingerprint density at radius 1 is 1.31 bits per heavy atom. The van der Waals surface area contributed by atoms with Crippen molar-refractivity contribution in [3.8, 4) is 0 Å². The molecular formula is C10H15IO2. The van der Waals surface area contributed by atoms with Crippen molar-refractivity contribution in [1.29, 1.82) is 0 Å². The Labute approximate surface area is 93.1 Å². The average Bonchev–Trinajstić information content (AvgIpc) is 2.15. The van der Waals surface area contributed by atoms with Gasteiger partial charge in [-0.2, -0.15) is 0 Å². The molecule has 1 rings (SSSR count). The summed E-state index contributed by atoms with van der Waals surface area (Å²) in [6.07, 6.45) is 5.91. The van der Waals surface area contributed by atoms with Gasteiger partial charge in [-0.15, -0.1) is 0 Å². The fourth-order valence-corrected chi connectivity index (χ4v) is 1.63. The summed E-state index contributed by atoms with van der Waals surface area (Å²) in [7, 11) is 0. The average molecular weight is 294 g/mol. The van der Waals surface area contributed by atoms with E-state index in [2.05, 4.69) is 35.2 Å². The molecule has 0 aromatic carbocycles. The zero-order valence-corrected chi connectivity index (χ0v) is 9.88. The fraction of sp³-hybridized carbons (Fsp3) is 0.600. The normalized spacial score (nSPS) is 16.4. The van der Waals surface area contributed by atoms with E-state index in [0.29, 0.717) is 19.2 Å². The predicted molar refractivity (Wildman–Crippen MR) is 61.9 cm³/mol. The monoisotopic (exact) mass is 294 g/mol. The molecule has 1 saturated heterocycles. The molecule has 0 radical (unpaired) electrons. The van der Waals surface area contributed by atoms with Gasteiger partial charge in [-0.25, -0.2) is 0 Å². The van der Waals surface area contributed by atoms with Crippen LogP contribution < -0.4 is 0 Å². The number of hydrogen-bond acceptors (Lipinski definition) is 2. The van der Waals surface area contributed by atoms with Crippen LogP contribution in [0, 0.1) is 0 Å². The van der Waals surface area contributed by atoms with Crippen molar-refractivity contribution in [1.82, 2.24) is 0 Å². The van der Waals surface area contributed by atoms with Crippen molar-refractivity contribution in [2.75, 3.05) is 17.6 Å². The summed E-state index contributed by atoms with van der Waals surface area (Å²) in [6, 6.07) is 0. The van der Waals surface area contributed by atoms with E-state index in [1.165, 1.54) is 22.8 Å². The Bertz CT molecular complexity index is 187. The first-order valence-corrected chi connectivity index (χ1v) is 6.04. The van der Waals surface area contributed by atoms with E-state index >= 15 is 0 Å². The van der Waals surface area contributed by atoms with Crippen molar-refractivity contribution in [3.63, 3.8) is 0 Å². The highest BCUT2D eigenvalue weighted by Crippen LogP contribution is 2.12. The summed E-state index contributed by atoms with van der Waals surface area (Å²) in [6.45, 7) is 4.90. The maximum Gasteiger partial charge on any atom is 0.272 e. The summed E-state index contributed by atoms with van der Waals surface area (Å²) in [5.74, 6) is 0.449. The predicted octanol–water partition coefficient (Wildman–Crippen LogP) is 3.04. The maximum absolute atomic E-state index is 5.16. The molecule has 0 N–H and O–H groups in total. The Hall–Kier alpha value is -0.190. The van der Waals surface area contributed by atoms with E-state index < -0.39 is 0 Å². The van der Waals surface area contributed by atoms with Crippen molar-refractivity contribution in [2.45, 2.75) is 19.3 Å². The number of halogens is 1. The molecular weight excluding hydrogens is 279 g/mol. The Kier molecular flexibility index (Phi) is 5.27. The smallest absolute Gasteiger partial charge is 0.272 e. The highest BCUT2D eigenvalue weighted by Gasteiger charge is 2.08. The van der Waals surface area contributed by atoms with Gasteiger partial charge in [0.2, 0.25) is 0 Å². The highest BCUT2D eigenvalue weighted by molar-refractivity contribution is 14.1. The second-order valence-electron chi connectivity index (χ2n) is 3.00. The number of ether oxygens (including phenoxy) is 2. The van der Waals surface area contributed by atoms with E-state index in [-0.39, 0.29) is 0 Å². The minimum absolute atomic E-state index is 0.449. The van der Waals surface area contributed by atoms with Crippen LogP contribution in [0.25, 0.3) is 0 Å². The molecule has 13 heavy (non-hydrogen) atoms. The lowest BCUT2D eigenvalue weighted by molar-refractivity contribution is 0.0201. The molecule has 1 aliphatic heterocycles. The maximum atomic E-state index is 5.16. The number of unbranched alkanes of at least 4 members (excludes halogenated alkanes) is 2. The van der Waals surface area contributed by atoms with Crippen LogP contribution in [-0.2, 0) is 9.47 Å². The van der Waals surface area contributed by atoms with Crippen molar-refractivity contribution in [3.05, 3.63) is 24.2 Å². The van der Waals surface area contributed by atoms with Crippen LogP contribution in [0.5, 0.6) is 0 Å². The second kappa shape index (κ2) is 6.29. The van der Waals surface area contributed by atoms with E-state index in [4.69, 9.17) is 9.47 Å². The number of allylic oxidation sites excluding steroid dienone is 1. The third kappa shape index (κ3) is 4.55. The Morgan fingerprint density at radius 2 is 2.00 bits per heavy atom. The molecule has 0 bridgehead atoms. The molecule has 0 atom stereocenters. The van der Waals surface area contributed by atoms with Gasteiger partial charge >= 0.3 is 0 Å². The van der Waals surface area contributed by atoms with Gasteiger partial charge < -0.3 is 9.47 Å². The van der Waals surface area contributed by atoms with Crippen molar-refractivity contribution in [2.24, 2.45) is 0 Å². The van der Waals surface area contributed by atoms with Crippen LogP contribution >= 0.6 is 22.6 Å². The van der Waals surface area contributed by atoms with E-state index in [1.807, 2.05) is 0 Å². The Balaban J connectivity index is 2.16. The summed E-state index contributed by atoms with van der Waals surface area (Å²) < 4.78 is 11.6. The van der Waals surface area contributed by atoms with Gasteiger partial charge in [0.1, 0.15) is 13.2 Å². The zero-order chi connectivity index (χ0) is 9.52. The van der Waals surface area contributed by atoms with E-state index in [1.54, 1.807) is 0 Å². The molecule has 3 heteroatoms. The van der Waals surface area contributed by atoms with Gasteiger partial charge in [-0.05, 0) is 30.3 Å². The molecule has 0 saturated carbocycles. The quantitative estimate of drug-likeness (QED) is 0.343. The third-order valence-electron chi connectivity index (χ3n) is 1.86. The second-order valence-corrected chi connectivity index (χ2v) is 4.08. The molecule has 0 aromatic rings. The molecule has 0 amide bonds. The lowest BCUT2D eigenvalue weighted by Gasteiger charge is -2.18. The summed E-state index contributed by atoms with van der Waals surface area (Å²) >= 11 is 2.40. The molecule has 2 nitrogen and oxygen atoms in total. The van der Waals surface area contributed by atoms with Gasteiger partial charge in [0, 0.05) is 5.57 Å². The molecule has 0 aliphatic carbocycles. The molecule has 1 fully saturated rings. The number of rotatable bonds is 4. The first-order chi connectivity index (χ1) is 6.33. The lowest BCUT2D eigenvalue weighted by Crippen LogP contribution is -2.13. The minimum Gasteiger partial charge on any atom is -0.461 e. The lowest BCUT2D eigenvalue weighted by atomic mass is 10.2. The number of alkyl halides is 1. The highest BCUT2D eigenvalue weighted by atomic mass is 127. The SMILES string of the molecule is C=C1OCC(=CCCCCI)CO1. The van der Waals surface area contributed by atoms with Gasteiger partial charge in [0.15, 0.2) is 0 Å². The van der Waals surface area contributed by atoms with Gasteiger partial charge in [-0.1, -0.05) is 28.7 Å². The summed E-state index contributed by atoms with van der Waals surface area (Å²) in [5, 5.41) is 0. The largest absolute Gasteiger partial charge is 0.461 e. The van der Waals surface area contributed by atoms with Gasteiger partial charge in [-0.3, -0.25) is 0 Å². The van der Waals surface area contributed by atoms with Crippen molar-refractivity contribution < 1.29 is 9.47 Å². The van der Waals surface area contributed by atoms with E-state index in [0.717, 1.165) is 6.42 Å². The first kappa shape index (κ1) is 10.9. The standard InChI is InChI=1S/C10H15IO2/c1-9-12-7-10(8-13-9)5-3-2-4-6-11/h5H,1-4,6-8H2. The molecule has 0 aromatic heterocycles. The molecule has 0 unspecified atom stereocenters. The molecule has 0 spiro atoms. The number of hydrogen-bond donors (Lipinski definition) is 0. The molecule has 1 heterocycles. The van der Waals surface area contributed by atoms with Crippen LogP contribution in [0.15, 0.2) is 24.2 Å². The topological polar surface area (TPSA) is 18.5 Å².